The van der Waals surface area contributed by atoms with Crippen LogP contribution in [-0.4, -0.2) is 94.7 Å². The molecule has 5 rings (SSSR count). The van der Waals surface area contributed by atoms with Crippen molar-refractivity contribution in [1.29, 1.82) is 0 Å². The van der Waals surface area contributed by atoms with Gasteiger partial charge >= 0.3 is 29.8 Å². The van der Waals surface area contributed by atoms with Gasteiger partial charge in [-0.2, -0.15) is 0 Å². The maximum absolute atomic E-state index is 15.7. The number of hydrogen-bond acceptors (Lipinski definition) is 15. The summed E-state index contributed by atoms with van der Waals surface area (Å²) in [4.78, 5) is 93.9. The van der Waals surface area contributed by atoms with E-state index in [9.17, 15) is 34.1 Å². The lowest BCUT2D eigenvalue weighted by atomic mass is 9.70. The number of carbonyl (C=O) groups excluding carboxylic acids is 6. The SMILES string of the molecule is CC(=O)OC[C@@H](OC(C)=O)[C@@H](OC(C)=O)[C@H](OC(C)=O)[C@H](OC(C)=O)[C@H]1[C@H]([N+](=O)[O-])[C@]2(N(C)Cc3ccccc3)S[C@@]1(c1ccccc1)C(=O)N2c1ccccc1. The molecule has 2 aliphatic rings. The fourth-order valence-electron chi connectivity index (χ4n) is 7.77. The third-order valence-corrected chi connectivity index (χ3v) is 11.7. The van der Waals surface area contributed by atoms with Gasteiger partial charge < -0.3 is 23.7 Å². The molecular formula is C40H43N3O13S. The Labute approximate surface area is 332 Å². The molecule has 1 amide bonds. The lowest BCUT2D eigenvalue weighted by molar-refractivity contribution is -0.546. The Morgan fingerprint density at radius 1 is 0.754 bits per heavy atom. The molecule has 2 aliphatic heterocycles. The fraction of sp³-hybridized carbons (Fsp3) is 0.400. The minimum atomic E-state index is -1.99. The predicted octanol–water partition coefficient (Wildman–Crippen LogP) is 4.01. The Balaban J connectivity index is 1.87. The number of thioether (sulfide) groups is 1. The van der Waals surface area contributed by atoms with Crippen molar-refractivity contribution in [1.82, 2.24) is 4.90 Å². The summed E-state index contributed by atoms with van der Waals surface area (Å²) in [6.45, 7) is 4.49. The standard InChI is InChI=1S/C40H43N3O13S/c1-24(44)52-23-32(53-25(2)45)34(54-26(3)46)36(56-28(5)48)35(55-27(4)47)33-37(43(50)51)40(41(6)22-29-16-10-7-11-17-29)42(31-20-14-9-15-21-31)38(49)39(33,57-40)30-18-12-8-13-19-30/h7-21,32-37H,22-23H2,1-6H3/t32-,33+,34-,35-,36+,37+,39-,40-/m1/s1. The number of carbonyl (C=O) groups is 6. The van der Waals surface area contributed by atoms with Crippen LogP contribution in [-0.2, 0) is 63.7 Å². The van der Waals surface area contributed by atoms with E-state index < -0.39 is 93.4 Å². The number of piperidine rings is 1. The molecule has 0 spiro atoms. The van der Waals surface area contributed by atoms with Crippen molar-refractivity contribution < 1.29 is 57.4 Å². The summed E-state index contributed by atoms with van der Waals surface area (Å²) in [6, 6.07) is 23.9. The van der Waals surface area contributed by atoms with Gasteiger partial charge in [0.05, 0.1) is 0 Å². The molecule has 2 fully saturated rings. The van der Waals surface area contributed by atoms with Gasteiger partial charge in [-0.15, -0.1) is 0 Å². The lowest BCUT2D eigenvalue weighted by Crippen LogP contribution is -2.72. The molecule has 0 N–H and O–H groups in total. The van der Waals surface area contributed by atoms with Crippen LogP contribution < -0.4 is 4.90 Å². The molecular weight excluding hydrogens is 763 g/mol. The number of benzene rings is 3. The predicted molar refractivity (Wildman–Crippen MR) is 203 cm³/mol. The average Bonchev–Trinajstić information content (AvgIpc) is 3.62. The highest BCUT2D eigenvalue weighted by Crippen LogP contribution is 2.70. The highest BCUT2D eigenvalue weighted by Gasteiger charge is 2.84. The van der Waals surface area contributed by atoms with Crippen LogP contribution in [0.15, 0.2) is 91.0 Å². The number of esters is 5. The second-order valence-corrected chi connectivity index (χ2v) is 15.1. The molecule has 2 saturated heterocycles. The third-order valence-electron chi connectivity index (χ3n) is 9.64. The van der Waals surface area contributed by atoms with Crippen LogP contribution in [0.1, 0.15) is 45.7 Å². The highest BCUT2D eigenvalue weighted by molar-refractivity contribution is 8.03. The van der Waals surface area contributed by atoms with Gasteiger partial charge in [-0.05, 0) is 30.3 Å². The van der Waals surface area contributed by atoms with Crippen molar-refractivity contribution in [3.8, 4) is 0 Å². The largest absolute Gasteiger partial charge is 0.462 e. The monoisotopic (exact) mass is 805 g/mol. The molecule has 0 radical (unpaired) electrons. The van der Waals surface area contributed by atoms with Crippen molar-refractivity contribution in [3.05, 3.63) is 112 Å². The van der Waals surface area contributed by atoms with Gasteiger partial charge in [0.25, 0.3) is 11.9 Å². The van der Waals surface area contributed by atoms with E-state index in [2.05, 4.69) is 0 Å². The molecule has 2 bridgehead atoms. The smallest absolute Gasteiger partial charge is 0.303 e. The molecule has 3 aromatic rings. The zero-order valence-electron chi connectivity index (χ0n) is 32.1. The van der Waals surface area contributed by atoms with Gasteiger partial charge in [-0.1, -0.05) is 90.6 Å². The number of anilines is 1. The Morgan fingerprint density at radius 2 is 1.26 bits per heavy atom. The Hall–Kier alpha value is -5.81. The van der Waals surface area contributed by atoms with Gasteiger partial charge in [-0.25, -0.2) is 0 Å². The maximum Gasteiger partial charge on any atom is 0.303 e. The van der Waals surface area contributed by atoms with Crippen molar-refractivity contribution >= 4 is 53.2 Å². The lowest BCUT2D eigenvalue weighted by Gasteiger charge is -2.49. The summed E-state index contributed by atoms with van der Waals surface area (Å²) in [7, 11) is 1.64. The first-order valence-electron chi connectivity index (χ1n) is 17.9. The average molecular weight is 806 g/mol. The van der Waals surface area contributed by atoms with Crippen LogP contribution in [0, 0.1) is 16.0 Å². The summed E-state index contributed by atoms with van der Waals surface area (Å²) in [5.41, 5.74) is 1.40. The number of ether oxygens (including phenoxy) is 5. The number of nitrogens with zero attached hydrogens (tertiary/aromatic N) is 3. The fourth-order valence-corrected chi connectivity index (χ4v) is 9.92. The number of fused-ring (bicyclic) bond motifs is 2. The van der Waals surface area contributed by atoms with Gasteiger partial charge in [0.1, 0.15) is 17.3 Å². The van der Waals surface area contributed by atoms with E-state index >= 15 is 4.79 Å². The number of hydrogen-bond donors (Lipinski definition) is 0. The molecule has 57 heavy (non-hydrogen) atoms. The van der Waals surface area contributed by atoms with Crippen LogP contribution in [0.25, 0.3) is 0 Å². The molecule has 0 aromatic heterocycles. The van der Waals surface area contributed by atoms with Gasteiger partial charge in [0.2, 0.25) is 4.99 Å². The number of amides is 1. The molecule has 2 heterocycles. The first-order chi connectivity index (χ1) is 27.0. The van der Waals surface area contributed by atoms with Crippen LogP contribution in [0.2, 0.25) is 0 Å². The molecule has 17 heteroatoms. The van der Waals surface area contributed by atoms with Crippen molar-refractivity contribution in [2.45, 2.75) is 81.4 Å². The van der Waals surface area contributed by atoms with Gasteiger partial charge in [0.15, 0.2) is 24.4 Å². The minimum Gasteiger partial charge on any atom is -0.462 e. The second kappa shape index (κ2) is 17.5. The van der Waals surface area contributed by atoms with Crippen molar-refractivity contribution in [3.63, 3.8) is 0 Å². The number of para-hydroxylation sites is 1. The summed E-state index contributed by atoms with van der Waals surface area (Å²) in [5.74, 6) is -7.06. The zero-order chi connectivity index (χ0) is 41.7. The van der Waals surface area contributed by atoms with Gasteiger partial charge in [-0.3, -0.25) is 48.7 Å². The minimum absolute atomic E-state index is 0.102. The second-order valence-electron chi connectivity index (χ2n) is 13.6. The summed E-state index contributed by atoms with van der Waals surface area (Å²) < 4.78 is 26.1. The van der Waals surface area contributed by atoms with Gasteiger partial charge in [0, 0.05) is 51.8 Å². The summed E-state index contributed by atoms with van der Waals surface area (Å²) >= 11 is 0.979. The van der Waals surface area contributed by atoms with E-state index in [4.69, 9.17) is 23.7 Å². The van der Waals surface area contributed by atoms with E-state index in [0.29, 0.717) is 11.3 Å². The van der Waals surface area contributed by atoms with E-state index in [1.54, 1.807) is 72.6 Å². The number of likely N-dealkylation sites (N-methyl/N-ethyl adjacent to an activating group) is 1. The summed E-state index contributed by atoms with van der Waals surface area (Å²) in [6.07, 6.45) is -7.54. The zero-order valence-corrected chi connectivity index (χ0v) is 32.9. The van der Waals surface area contributed by atoms with E-state index in [0.717, 1.165) is 51.9 Å². The molecule has 0 aliphatic carbocycles. The molecule has 3 aromatic carbocycles. The van der Waals surface area contributed by atoms with E-state index in [-0.39, 0.29) is 6.54 Å². The Kier molecular flexibility index (Phi) is 13.0. The Bertz CT molecular complexity index is 1990. The summed E-state index contributed by atoms with van der Waals surface area (Å²) in [5, 5.41) is 14.0. The molecule has 0 unspecified atom stereocenters. The first-order valence-corrected chi connectivity index (χ1v) is 18.7. The van der Waals surface area contributed by atoms with E-state index in [1.807, 2.05) is 30.3 Å². The van der Waals surface area contributed by atoms with Crippen molar-refractivity contribution in [2.24, 2.45) is 5.92 Å². The van der Waals surface area contributed by atoms with Crippen LogP contribution in [0.4, 0.5) is 5.69 Å². The van der Waals surface area contributed by atoms with Crippen LogP contribution in [0.3, 0.4) is 0 Å². The first kappa shape index (κ1) is 42.3. The van der Waals surface area contributed by atoms with Crippen molar-refractivity contribution in [2.75, 3.05) is 18.6 Å². The molecule has 302 valence electrons. The Morgan fingerprint density at radius 3 is 1.77 bits per heavy atom. The maximum atomic E-state index is 15.7. The highest BCUT2D eigenvalue weighted by atomic mass is 32.2. The molecule has 0 saturated carbocycles. The normalized spacial score (nSPS) is 23.1. The van der Waals surface area contributed by atoms with Crippen LogP contribution in [0.5, 0.6) is 0 Å². The topological polar surface area (TPSA) is 198 Å². The number of nitro groups is 1. The number of rotatable bonds is 16. The van der Waals surface area contributed by atoms with Crippen LogP contribution >= 0.6 is 11.8 Å². The quantitative estimate of drug-likeness (QED) is 0.0870. The molecule has 16 nitrogen and oxygen atoms in total. The third kappa shape index (κ3) is 8.49. The van der Waals surface area contributed by atoms with E-state index in [1.165, 1.54) is 4.90 Å². The molecule has 8 atom stereocenters.